The lowest BCUT2D eigenvalue weighted by Crippen LogP contribution is -2.34. The third-order valence-corrected chi connectivity index (χ3v) is 4.89. The minimum Gasteiger partial charge on any atom is -0.345 e. The summed E-state index contributed by atoms with van der Waals surface area (Å²) in [5.41, 5.74) is 4.01. The van der Waals surface area contributed by atoms with Gasteiger partial charge in [-0.1, -0.05) is 43.3 Å². The molecular formula is C19H21N3OS. The van der Waals surface area contributed by atoms with Gasteiger partial charge in [0.1, 0.15) is 0 Å². The van der Waals surface area contributed by atoms with Crippen molar-refractivity contribution in [1.82, 2.24) is 15.3 Å². The molecule has 0 bridgehead atoms. The maximum absolute atomic E-state index is 12.6. The lowest BCUT2D eigenvalue weighted by Gasteiger charge is -2.22. The van der Waals surface area contributed by atoms with E-state index in [2.05, 4.69) is 21.4 Å². The molecule has 5 heteroatoms. The van der Waals surface area contributed by atoms with Crippen LogP contribution in [0.2, 0.25) is 0 Å². The molecule has 1 heterocycles. The number of imidazole rings is 1. The highest BCUT2D eigenvalue weighted by Gasteiger charge is 2.20. The normalized spacial score (nSPS) is 13.6. The van der Waals surface area contributed by atoms with Crippen LogP contribution >= 0.6 is 11.8 Å². The van der Waals surface area contributed by atoms with Gasteiger partial charge in [0.05, 0.1) is 23.4 Å². The van der Waals surface area contributed by atoms with Gasteiger partial charge in [0.15, 0.2) is 0 Å². The van der Waals surface area contributed by atoms with E-state index in [4.69, 9.17) is 0 Å². The van der Waals surface area contributed by atoms with Crippen LogP contribution in [-0.2, 0) is 4.79 Å². The van der Waals surface area contributed by atoms with Crippen LogP contribution in [0.15, 0.2) is 54.9 Å². The summed E-state index contributed by atoms with van der Waals surface area (Å²) in [7, 11) is 0. The average molecular weight is 339 g/mol. The molecule has 124 valence electrons. The summed E-state index contributed by atoms with van der Waals surface area (Å²) in [6, 6.07) is 16.0. The number of amides is 1. The van der Waals surface area contributed by atoms with Gasteiger partial charge in [-0.25, -0.2) is 4.98 Å². The van der Waals surface area contributed by atoms with Gasteiger partial charge in [0.25, 0.3) is 0 Å². The first-order chi connectivity index (χ1) is 11.7. The quantitative estimate of drug-likeness (QED) is 0.719. The zero-order valence-corrected chi connectivity index (χ0v) is 14.6. The predicted octanol–water partition coefficient (Wildman–Crippen LogP) is 3.77. The highest BCUT2D eigenvalue weighted by molar-refractivity contribution is 7.98. The van der Waals surface area contributed by atoms with Gasteiger partial charge in [-0.05, 0) is 29.5 Å². The smallest absolute Gasteiger partial charge is 0.224 e. The van der Waals surface area contributed by atoms with Crippen molar-refractivity contribution >= 4 is 28.7 Å². The maximum atomic E-state index is 12.6. The fourth-order valence-corrected chi connectivity index (χ4v) is 3.40. The molecule has 0 aliphatic rings. The summed E-state index contributed by atoms with van der Waals surface area (Å²) in [5, 5.41) is 3.20. The molecule has 2 aromatic carbocycles. The highest BCUT2D eigenvalue weighted by Crippen LogP contribution is 2.25. The van der Waals surface area contributed by atoms with Crippen LogP contribution in [-0.4, -0.2) is 27.9 Å². The molecule has 1 aromatic heterocycles. The Morgan fingerprint density at radius 2 is 2.00 bits per heavy atom. The van der Waals surface area contributed by atoms with Crippen molar-refractivity contribution in [2.45, 2.75) is 13.0 Å². The molecular weight excluding hydrogens is 318 g/mol. The molecule has 0 radical (unpaired) electrons. The van der Waals surface area contributed by atoms with Crippen molar-refractivity contribution in [3.8, 4) is 0 Å². The molecule has 0 aliphatic heterocycles. The second-order valence-corrected chi connectivity index (χ2v) is 6.80. The number of nitrogens with one attached hydrogen (secondary N) is 2. The van der Waals surface area contributed by atoms with Crippen LogP contribution in [0.3, 0.4) is 0 Å². The summed E-state index contributed by atoms with van der Waals surface area (Å²) in [4.78, 5) is 20.0. The third-order valence-electron chi connectivity index (χ3n) is 4.06. The Balaban J connectivity index is 1.94. The number of aromatic nitrogens is 2. The van der Waals surface area contributed by atoms with Crippen LogP contribution in [0.1, 0.15) is 24.1 Å². The van der Waals surface area contributed by atoms with E-state index in [9.17, 15) is 4.79 Å². The third kappa shape index (κ3) is 3.62. The molecule has 0 unspecified atom stereocenters. The Morgan fingerprint density at radius 1 is 1.21 bits per heavy atom. The topological polar surface area (TPSA) is 57.8 Å². The monoisotopic (exact) mass is 339 g/mol. The van der Waals surface area contributed by atoms with E-state index in [1.165, 1.54) is 0 Å². The van der Waals surface area contributed by atoms with Gasteiger partial charge in [-0.2, -0.15) is 11.8 Å². The minimum atomic E-state index is -0.171. The second kappa shape index (κ2) is 7.53. The summed E-state index contributed by atoms with van der Waals surface area (Å²) >= 11 is 1.69. The van der Waals surface area contributed by atoms with Gasteiger partial charge < -0.3 is 10.3 Å². The lowest BCUT2D eigenvalue weighted by atomic mass is 9.97. The molecule has 1 amide bonds. The minimum absolute atomic E-state index is 0.0258. The van der Waals surface area contributed by atoms with E-state index in [0.717, 1.165) is 27.9 Å². The Kier molecular flexibility index (Phi) is 5.20. The molecule has 0 aliphatic carbocycles. The van der Waals surface area contributed by atoms with Gasteiger partial charge in [-0.3, -0.25) is 4.79 Å². The molecule has 0 spiro atoms. The predicted molar refractivity (Wildman–Crippen MR) is 100 cm³/mol. The zero-order valence-electron chi connectivity index (χ0n) is 13.8. The fraction of sp³-hybridized carbons (Fsp3) is 0.263. The van der Waals surface area contributed by atoms with Crippen LogP contribution < -0.4 is 5.32 Å². The molecule has 4 nitrogen and oxygen atoms in total. The summed E-state index contributed by atoms with van der Waals surface area (Å²) in [6.07, 6.45) is 3.70. The number of carbonyl (C=O) groups is 1. The Labute approximate surface area is 146 Å². The number of carbonyl (C=O) groups excluding carboxylic acids is 1. The SMILES string of the molecule is CSC[C@H](C)C(=O)N[C@H](c1ccccc1)c1ccc2nc[nH]c2c1. The number of aromatic amines is 1. The van der Waals surface area contributed by atoms with E-state index in [1.807, 2.05) is 55.6 Å². The molecule has 24 heavy (non-hydrogen) atoms. The number of hydrogen-bond acceptors (Lipinski definition) is 3. The first kappa shape index (κ1) is 16.6. The van der Waals surface area contributed by atoms with E-state index in [-0.39, 0.29) is 17.9 Å². The second-order valence-electron chi connectivity index (χ2n) is 5.89. The summed E-state index contributed by atoms with van der Waals surface area (Å²) < 4.78 is 0. The van der Waals surface area contributed by atoms with Crippen molar-refractivity contribution in [3.05, 3.63) is 66.0 Å². The average Bonchev–Trinajstić information content (AvgIpc) is 3.08. The number of thioether (sulfide) groups is 1. The molecule has 2 atom stereocenters. The van der Waals surface area contributed by atoms with Crippen LogP contribution in [0.25, 0.3) is 11.0 Å². The van der Waals surface area contributed by atoms with Crippen LogP contribution in [0.5, 0.6) is 0 Å². The van der Waals surface area contributed by atoms with Crippen molar-refractivity contribution in [3.63, 3.8) is 0 Å². The Hall–Kier alpha value is -2.27. The summed E-state index contributed by atoms with van der Waals surface area (Å²) in [6.45, 7) is 1.96. The Morgan fingerprint density at radius 3 is 2.75 bits per heavy atom. The number of hydrogen-bond donors (Lipinski definition) is 2. The number of rotatable bonds is 6. The molecule has 0 fully saturated rings. The fourth-order valence-electron chi connectivity index (χ4n) is 2.75. The van der Waals surface area contributed by atoms with Gasteiger partial charge >= 0.3 is 0 Å². The van der Waals surface area contributed by atoms with Gasteiger partial charge in [0.2, 0.25) is 5.91 Å². The molecule has 3 rings (SSSR count). The zero-order chi connectivity index (χ0) is 16.9. The molecule has 3 aromatic rings. The summed E-state index contributed by atoms with van der Waals surface area (Å²) in [5.74, 6) is 0.859. The maximum Gasteiger partial charge on any atom is 0.224 e. The lowest BCUT2D eigenvalue weighted by molar-refractivity contribution is -0.124. The van der Waals surface area contributed by atoms with Crippen molar-refractivity contribution in [1.29, 1.82) is 0 Å². The van der Waals surface area contributed by atoms with Crippen molar-refractivity contribution in [2.75, 3.05) is 12.0 Å². The number of benzene rings is 2. The van der Waals surface area contributed by atoms with Gasteiger partial charge in [0, 0.05) is 11.7 Å². The largest absolute Gasteiger partial charge is 0.345 e. The first-order valence-electron chi connectivity index (χ1n) is 7.96. The number of H-pyrrole nitrogens is 1. The van der Waals surface area contributed by atoms with E-state index in [0.29, 0.717) is 0 Å². The van der Waals surface area contributed by atoms with Crippen molar-refractivity contribution < 1.29 is 4.79 Å². The van der Waals surface area contributed by atoms with Crippen LogP contribution in [0.4, 0.5) is 0 Å². The number of nitrogens with zero attached hydrogens (tertiary/aromatic N) is 1. The van der Waals surface area contributed by atoms with E-state index < -0.39 is 0 Å². The number of fused-ring (bicyclic) bond motifs is 1. The molecule has 2 N–H and O–H groups in total. The van der Waals surface area contributed by atoms with Crippen molar-refractivity contribution in [2.24, 2.45) is 5.92 Å². The standard InChI is InChI=1S/C19H21N3OS/c1-13(11-24-2)19(23)22-18(14-6-4-3-5-7-14)15-8-9-16-17(10-15)21-12-20-16/h3-10,12-13,18H,11H2,1-2H3,(H,20,21)(H,22,23)/t13-,18+/m0/s1. The van der Waals surface area contributed by atoms with E-state index >= 15 is 0 Å². The highest BCUT2D eigenvalue weighted by atomic mass is 32.2. The van der Waals surface area contributed by atoms with E-state index in [1.54, 1.807) is 18.1 Å². The molecule has 0 saturated carbocycles. The molecule has 0 saturated heterocycles. The Bertz CT molecular complexity index is 816. The first-order valence-corrected chi connectivity index (χ1v) is 9.35. The van der Waals surface area contributed by atoms with Gasteiger partial charge in [-0.15, -0.1) is 0 Å². The van der Waals surface area contributed by atoms with Crippen LogP contribution in [0, 0.1) is 5.92 Å².